The fourth-order valence-corrected chi connectivity index (χ4v) is 5.50. The summed E-state index contributed by atoms with van der Waals surface area (Å²) < 4.78 is 31.5. The molecule has 1 saturated heterocycles. The first-order chi connectivity index (χ1) is 16.3. The molecule has 0 unspecified atom stereocenters. The Kier molecular flexibility index (Phi) is 7.98. The molecule has 0 aliphatic carbocycles. The number of sulfone groups is 1. The van der Waals surface area contributed by atoms with E-state index >= 15 is 0 Å². The first-order valence-corrected chi connectivity index (χ1v) is 13.7. The van der Waals surface area contributed by atoms with Crippen molar-refractivity contribution in [2.75, 3.05) is 44.2 Å². The highest BCUT2D eigenvalue weighted by Gasteiger charge is 2.20. The molecule has 0 bridgehead atoms. The van der Waals surface area contributed by atoms with Gasteiger partial charge in [0.15, 0.2) is 15.6 Å². The van der Waals surface area contributed by atoms with E-state index in [1.54, 1.807) is 12.1 Å². The highest BCUT2D eigenvalue weighted by atomic mass is 79.9. The number of furan rings is 1. The summed E-state index contributed by atoms with van der Waals surface area (Å²) in [5, 5.41) is 3.58. The summed E-state index contributed by atoms with van der Waals surface area (Å²) in [5.41, 5.74) is 1.12. The van der Waals surface area contributed by atoms with Crippen LogP contribution in [0.3, 0.4) is 0 Å². The van der Waals surface area contributed by atoms with Gasteiger partial charge in [-0.1, -0.05) is 33.6 Å². The van der Waals surface area contributed by atoms with Crippen LogP contribution in [-0.4, -0.2) is 58.5 Å². The van der Waals surface area contributed by atoms with Gasteiger partial charge in [0.1, 0.15) is 11.5 Å². The van der Waals surface area contributed by atoms with Gasteiger partial charge in [-0.2, -0.15) is 0 Å². The number of amides is 1. The fourth-order valence-electron chi connectivity index (χ4n) is 3.81. The first kappa shape index (κ1) is 24.8. The van der Waals surface area contributed by atoms with E-state index in [2.05, 4.69) is 37.1 Å². The van der Waals surface area contributed by atoms with Crippen LogP contribution < -0.4 is 10.2 Å². The number of halogens is 2. The van der Waals surface area contributed by atoms with Crippen LogP contribution in [0.2, 0.25) is 5.02 Å². The van der Waals surface area contributed by atoms with Crippen LogP contribution in [0.1, 0.15) is 16.3 Å². The fraction of sp³-hybridized carbons (Fsp3) is 0.292. The lowest BCUT2D eigenvalue weighted by Crippen LogP contribution is -2.48. The number of anilines is 1. The Morgan fingerprint density at radius 2 is 1.76 bits per heavy atom. The topological polar surface area (TPSA) is 82.9 Å². The molecule has 0 spiro atoms. The summed E-state index contributed by atoms with van der Waals surface area (Å²) in [6.07, 6.45) is 0. The third-order valence-corrected chi connectivity index (χ3v) is 8.07. The van der Waals surface area contributed by atoms with Crippen molar-refractivity contribution in [3.63, 3.8) is 0 Å². The van der Waals surface area contributed by atoms with Crippen LogP contribution in [0.25, 0.3) is 0 Å². The van der Waals surface area contributed by atoms with Gasteiger partial charge in [-0.05, 0) is 54.6 Å². The zero-order valence-electron chi connectivity index (χ0n) is 18.4. The van der Waals surface area contributed by atoms with E-state index in [0.29, 0.717) is 6.54 Å². The molecule has 7 nitrogen and oxygen atoms in total. The van der Waals surface area contributed by atoms with Gasteiger partial charge < -0.3 is 14.6 Å². The smallest absolute Gasteiger partial charge is 0.287 e. The summed E-state index contributed by atoms with van der Waals surface area (Å²) in [4.78, 5) is 17.2. The van der Waals surface area contributed by atoms with Crippen LogP contribution in [0.4, 0.5) is 5.69 Å². The average molecular weight is 567 g/mol. The van der Waals surface area contributed by atoms with E-state index in [0.717, 1.165) is 47.9 Å². The van der Waals surface area contributed by atoms with Crippen LogP contribution in [-0.2, 0) is 15.6 Å². The van der Waals surface area contributed by atoms with Crippen molar-refractivity contribution in [3.8, 4) is 0 Å². The molecule has 4 rings (SSSR count). The Balaban J connectivity index is 1.23. The van der Waals surface area contributed by atoms with Crippen molar-refractivity contribution in [3.05, 3.63) is 81.7 Å². The molecular weight excluding hydrogens is 542 g/mol. The maximum Gasteiger partial charge on any atom is 0.287 e. The number of hydrogen-bond acceptors (Lipinski definition) is 6. The van der Waals surface area contributed by atoms with Crippen molar-refractivity contribution in [1.29, 1.82) is 0 Å². The number of benzene rings is 2. The standard InChI is InChI=1S/C24H25BrClN3O4S/c25-18-4-7-22(8-5-18)34(31,32)17-21-6-9-23(33-21)24(30)27-10-11-28-12-14-29(15-13-28)20-3-1-2-19(26)16-20/h1-9,16H,10-15,17H2,(H,27,30). The lowest BCUT2D eigenvalue weighted by molar-refractivity contribution is 0.0918. The third kappa shape index (κ3) is 6.41. The van der Waals surface area contributed by atoms with Gasteiger partial charge in [0.25, 0.3) is 5.91 Å². The van der Waals surface area contributed by atoms with Gasteiger partial charge in [0.2, 0.25) is 0 Å². The van der Waals surface area contributed by atoms with Crippen LogP contribution >= 0.6 is 27.5 Å². The zero-order valence-corrected chi connectivity index (χ0v) is 21.6. The molecule has 0 radical (unpaired) electrons. The largest absolute Gasteiger partial charge is 0.455 e. The number of nitrogens with zero attached hydrogens (tertiary/aromatic N) is 2. The predicted octanol–water partition coefficient (Wildman–Crippen LogP) is 4.22. The maximum absolute atomic E-state index is 12.6. The van der Waals surface area contributed by atoms with Crippen LogP contribution in [0, 0.1) is 0 Å². The van der Waals surface area contributed by atoms with Crippen LogP contribution in [0.5, 0.6) is 0 Å². The van der Waals surface area contributed by atoms with Crippen molar-refractivity contribution < 1.29 is 17.6 Å². The Morgan fingerprint density at radius 1 is 1.03 bits per heavy atom. The summed E-state index contributed by atoms with van der Waals surface area (Å²) in [7, 11) is -3.57. The van der Waals surface area contributed by atoms with Crippen molar-refractivity contribution >= 4 is 49.0 Å². The highest BCUT2D eigenvalue weighted by Crippen LogP contribution is 2.22. The molecule has 34 heavy (non-hydrogen) atoms. The molecule has 180 valence electrons. The molecule has 1 aliphatic rings. The number of nitrogens with one attached hydrogen (secondary N) is 1. The monoisotopic (exact) mass is 565 g/mol. The summed E-state index contributed by atoms with van der Waals surface area (Å²) in [6, 6.07) is 17.3. The summed E-state index contributed by atoms with van der Waals surface area (Å²) in [5.74, 6) is -0.333. The highest BCUT2D eigenvalue weighted by molar-refractivity contribution is 9.10. The SMILES string of the molecule is O=C(NCCN1CCN(c2cccc(Cl)c2)CC1)c1ccc(CS(=O)(=O)c2ccc(Br)cc2)o1. The lowest BCUT2D eigenvalue weighted by Gasteiger charge is -2.36. The first-order valence-electron chi connectivity index (χ1n) is 10.9. The van der Waals surface area contributed by atoms with E-state index in [1.165, 1.54) is 24.3 Å². The number of rotatable bonds is 8. The maximum atomic E-state index is 12.6. The molecule has 1 aromatic heterocycles. The minimum absolute atomic E-state index is 0.104. The van der Waals surface area contributed by atoms with Gasteiger partial charge >= 0.3 is 0 Å². The average Bonchev–Trinajstić information content (AvgIpc) is 3.28. The van der Waals surface area contributed by atoms with Gasteiger partial charge in [-0.15, -0.1) is 0 Å². The minimum Gasteiger partial charge on any atom is -0.455 e. The van der Waals surface area contributed by atoms with E-state index in [4.69, 9.17) is 16.0 Å². The molecule has 10 heteroatoms. The molecule has 1 aliphatic heterocycles. The minimum atomic E-state index is -3.57. The molecule has 2 heterocycles. The Morgan fingerprint density at radius 3 is 2.47 bits per heavy atom. The Bertz CT molecular complexity index is 1240. The second-order valence-corrected chi connectivity index (χ2v) is 11.4. The molecule has 1 fully saturated rings. The predicted molar refractivity (Wildman–Crippen MR) is 136 cm³/mol. The van der Waals surface area contributed by atoms with Gasteiger partial charge in [0, 0.05) is 54.5 Å². The van der Waals surface area contributed by atoms with Gasteiger partial charge in [-0.25, -0.2) is 8.42 Å². The Hall–Kier alpha value is -2.33. The molecule has 1 amide bonds. The van der Waals surface area contributed by atoms with Crippen molar-refractivity contribution in [2.45, 2.75) is 10.6 Å². The van der Waals surface area contributed by atoms with Crippen LogP contribution in [0.15, 0.2) is 74.4 Å². The third-order valence-electron chi connectivity index (χ3n) is 5.65. The second-order valence-electron chi connectivity index (χ2n) is 8.04. The summed E-state index contributed by atoms with van der Waals surface area (Å²) >= 11 is 9.38. The molecule has 2 aromatic carbocycles. The second kappa shape index (κ2) is 10.9. The molecule has 0 atom stereocenters. The number of carbonyl (C=O) groups is 1. The van der Waals surface area contributed by atoms with Gasteiger partial charge in [0.05, 0.1) is 4.90 Å². The number of carbonyl (C=O) groups excluding carboxylic acids is 1. The molecule has 1 N–H and O–H groups in total. The number of piperazine rings is 1. The normalized spacial score (nSPS) is 14.8. The van der Waals surface area contributed by atoms with Crippen molar-refractivity contribution in [1.82, 2.24) is 10.2 Å². The van der Waals surface area contributed by atoms with E-state index < -0.39 is 9.84 Å². The molecular formula is C24H25BrClN3O4S. The van der Waals surface area contributed by atoms with E-state index in [1.807, 2.05) is 18.2 Å². The van der Waals surface area contributed by atoms with E-state index in [-0.39, 0.29) is 28.1 Å². The Labute approximate surface area is 212 Å². The number of hydrogen-bond donors (Lipinski definition) is 1. The quantitative estimate of drug-likeness (QED) is 0.440. The van der Waals surface area contributed by atoms with E-state index in [9.17, 15) is 13.2 Å². The zero-order chi connectivity index (χ0) is 24.1. The lowest BCUT2D eigenvalue weighted by atomic mass is 10.2. The summed E-state index contributed by atoms with van der Waals surface area (Å²) in [6.45, 7) is 4.76. The molecule has 3 aromatic rings. The molecule has 0 saturated carbocycles. The van der Waals surface area contributed by atoms with Crippen molar-refractivity contribution in [2.24, 2.45) is 0 Å². The van der Waals surface area contributed by atoms with Gasteiger partial charge in [-0.3, -0.25) is 9.69 Å².